The highest BCUT2D eigenvalue weighted by molar-refractivity contribution is 7.91. The minimum absolute atomic E-state index is 0.0537. The molecule has 31 heavy (non-hydrogen) atoms. The van der Waals surface area contributed by atoms with E-state index in [0.717, 1.165) is 34.9 Å². The highest BCUT2D eigenvalue weighted by atomic mass is 32.2. The molecule has 3 aromatic heterocycles. The van der Waals surface area contributed by atoms with Crippen LogP contribution in [0.3, 0.4) is 0 Å². The van der Waals surface area contributed by atoms with Crippen LogP contribution in [0.2, 0.25) is 0 Å². The Morgan fingerprint density at radius 1 is 1.00 bits per heavy atom. The van der Waals surface area contributed by atoms with Gasteiger partial charge in [-0.3, -0.25) is 0 Å². The van der Waals surface area contributed by atoms with Crippen molar-refractivity contribution in [2.45, 2.75) is 24.2 Å². The first-order valence-electron chi connectivity index (χ1n) is 8.60. The Balaban J connectivity index is 1.97. The predicted octanol–water partition coefficient (Wildman–Crippen LogP) is 4.97. The van der Waals surface area contributed by atoms with Crippen molar-refractivity contribution in [2.75, 3.05) is 5.75 Å². The fourth-order valence-electron chi connectivity index (χ4n) is 2.94. The van der Waals surface area contributed by atoms with Crippen molar-refractivity contribution in [1.82, 2.24) is 14.4 Å². The molecule has 3 heterocycles. The number of alkyl halides is 6. The van der Waals surface area contributed by atoms with Crippen LogP contribution in [0, 0.1) is 0 Å². The van der Waals surface area contributed by atoms with Gasteiger partial charge >= 0.3 is 12.4 Å². The third-order valence-corrected chi connectivity index (χ3v) is 6.26. The lowest BCUT2D eigenvalue weighted by atomic mass is 10.2. The number of benzene rings is 1. The van der Waals surface area contributed by atoms with Gasteiger partial charge in [-0.1, -0.05) is 6.92 Å². The van der Waals surface area contributed by atoms with Crippen molar-refractivity contribution < 1.29 is 39.2 Å². The van der Waals surface area contributed by atoms with Gasteiger partial charge in [0, 0.05) is 12.4 Å². The fourth-order valence-corrected chi connectivity index (χ4v) is 4.01. The molecule has 0 bridgehead atoms. The lowest BCUT2D eigenvalue weighted by Crippen LogP contribution is -2.07. The maximum absolute atomic E-state index is 13.0. The van der Waals surface area contributed by atoms with Crippen molar-refractivity contribution >= 4 is 26.6 Å². The van der Waals surface area contributed by atoms with Crippen molar-refractivity contribution in [3.63, 3.8) is 0 Å². The molecule has 0 atom stereocenters. The Bertz CT molecular complexity index is 1420. The molecule has 0 amide bonds. The van der Waals surface area contributed by atoms with Gasteiger partial charge in [-0.15, -0.1) is 0 Å². The van der Waals surface area contributed by atoms with E-state index in [1.54, 1.807) is 0 Å². The Kier molecular flexibility index (Phi) is 4.57. The van der Waals surface area contributed by atoms with Crippen LogP contribution in [0.4, 0.5) is 26.3 Å². The second kappa shape index (κ2) is 6.70. The van der Waals surface area contributed by atoms with Crippen molar-refractivity contribution in [3.8, 4) is 11.5 Å². The van der Waals surface area contributed by atoms with E-state index in [2.05, 4.69) is 9.97 Å². The van der Waals surface area contributed by atoms with E-state index in [4.69, 9.17) is 4.42 Å². The van der Waals surface area contributed by atoms with E-state index < -0.39 is 38.3 Å². The van der Waals surface area contributed by atoms with Crippen LogP contribution in [0.15, 0.2) is 46.0 Å². The lowest BCUT2D eigenvalue weighted by Gasteiger charge is -2.07. The van der Waals surface area contributed by atoms with E-state index in [1.165, 1.54) is 6.92 Å². The highest BCUT2D eigenvalue weighted by Crippen LogP contribution is 2.36. The summed E-state index contributed by atoms with van der Waals surface area (Å²) in [5, 5.41) is 0. The van der Waals surface area contributed by atoms with Gasteiger partial charge in [0.15, 0.2) is 21.1 Å². The summed E-state index contributed by atoms with van der Waals surface area (Å²) < 4.78 is 109. The van der Waals surface area contributed by atoms with Crippen LogP contribution < -0.4 is 0 Å². The van der Waals surface area contributed by atoms with Gasteiger partial charge in [-0.25, -0.2) is 18.4 Å². The summed E-state index contributed by atoms with van der Waals surface area (Å²) in [5.74, 6) is -0.745. The van der Waals surface area contributed by atoms with E-state index in [1.807, 2.05) is 0 Å². The quantitative estimate of drug-likeness (QED) is 0.401. The molecule has 4 aromatic rings. The monoisotopic (exact) mass is 463 g/mol. The third-order valence-electron chi connectivity index (χ3n) is 4.51. The maximum atomic E-state index is 13.0. The first-order chi connectivity index (χ1) is 14.3. The molecular formula is C18H11F6N3O3S. The molecule has 0 unspecified atom stereocenters. The Labute approximate surface area is 170 Å². The molecule has 164 valence electrons. The Morgan fingerprint density at radius 3 is 2.32 bits per heavy atom. The van der Waals surface area contributed by atoms with Crippen molar-refractivity contribution in [2.24, 2.45) is 0 Å². The average molecular weight is 463 g/mol. The van der Waals surface area contributed by atoms with Crippen molar-refractivity contribution in [3.05, 3.63) is 47.9 Å². The van der Waals surface area contributed by atoms with E-state index in [0.29, 0.717) is 6.20 Å². The largest absolute Gasteiger partial charge is 0.436 e. The molecule has 0 radical (unpaired) electrons. The topological polar surface area (TPSA) is 77.5 Å². The second-order valence-electron chi connectivity index (χ2n) is 6.54. The number of nitrogens with zero attached hydrogens (tertiary/aromatic N) is 3. The molecule has 0 aliphatic rings. The number of imidazole rings is 1. The van der Waals surface area contributed by atoms with Crippen LogP contribution in [-0.4, -0.2) is 28.5 Å². The standard InChI is InChI=1S/C18H11F6N3O3S/c1-2-31(28,29)13-7-27-8-14(18(22,23)24)26-15(27)6-10(13)16-25-11-5-9(17(19,20)21)3-4-12(11)30-16/h3-8H,2H2,1H3. The number of pyridine rings is 1. The number of sulfone groups is 1. The third kappa shape index (κ3) is 3.73. The zero-order valence-electron chi connectivity index (χ0n) is 15.4. The predicted molar refractivity (Wildman–Crippen MR) is 95.9 cm³/mol. The van der Waals surface area contributed by atoms with E-state index in [9.17, 15) is 34.8 Å². The fraction of sp³-hybridized carbons (Fsp3) is 0.222. The molecule has 0 spiro atoms. The molecule has 0 aliphatic carbocycles. The summed E-state index contributed by atoms with van der Waals surface area (Å²) >= 11 is 0. The average Bonchev–Trinajstić information content (AvgIpc) is 3.28. The van der Waals surface area contributed by atoms with Crippen LogP contribution in [0.5, 0.6) is 0 Å². The Hall–Kier alpha value is -3.09. The second-order valence-corrected chi connectivity index (χ2v) is 8.79. The summed E-state index contributed by atoms with van der Waals surface area (Å²) in [6, 6.07) is 3.56. The van der Waals surface area contributed by atoms with Crippen LogP contribution >= 0.6 is 0 Å². The lowest BCUT2D eigenvalue weighted by molar-refractivity contribution is -0.141. The van der Waals surface area contributed by atoms with Crippen LogP contribution in [-0.2, 0) is 22.2 Å². The molecule has 0 fully saturated rings. The van der Waals surface area contributed by atoms with Crippen LogP contribution in [0.25, 0.3) is 28.2 Å². The molecule has 0 saturated carbocycles. The summed E-state index contributed by atoms with van der Waals surface area (Å²) in [5.41, 5.74) is -2.92. The number of hydrogen-bond acceptors (Lipinski definition) is 5. The summed E-state index contributed by atoms with van der Waals surface area (Å²) in [4.78, 5) is 6.99. The van der Waals surface area contributed by atoms with Gasteiger partial charge < -0.3 is 8.82 Å². The minimum Gasteiger partial charge on any atom is -0.436 e. The normalized spacial score (nSPS) is 13.4. The van der Waals surface area contributed by atoms with Gasteiger partial charge in [0.2, 0.25) is 5.89 Å². The molecule has 4 rings (SSSR count). The number of oxazole rings is 1. The van der Waals surface area contributed by atoms with E-state index in [-0.39, 0.29) is 34.0 Å². The van der Waals surface area contributed by atoms with Crippen LogP contribution in [0.1, 0.15) is 18.2 Å². The zero-order chi connectivity index (χ0) is 22.8. The number of aromatic nitrogens is 3. The van der Waals surface area contributed by atoms with Gasteiger partial charge in [0.1, 0.15) is 11.2 Å². The smallest absolute Gasteiger partial charge is 0.434 e. The molecule has 1 aromatic carbocycles. The molecule has 6 nitrogen and oxygen atoms in total. The van der Waals surface area contributed by atoms with E-state index >= 15 is 0 Å². The van der Waals surface area contributed by atoms with Gasteiger partial charge in [-0.05, 0) is 24.3 Å². The number of rotatable bonds is 3. The summed E-state index contributed by atoms with van der Waals surface area (Å²) in [6.07, 6.45) is -7.81. The summed E-state index contributed by atoms with van der Waals surface area (Å²) in [6.45, 7) is 1.33. The number of halogens is 6. The minimum atomic E-state index is -4.76. The van der Waals surface area contributed by atoms with Gasteiger partial charge in [0.25, 0.3) is 0 Å². The molecule has 13 heteroatoms. The van der Waals surface area contributed by atoms with Crippen molar-refractivity contribution in [1.29, 1.82) is 0 Å². The number of hydrogen-bond donors (Lipinski definition) is 0. The molecule has 0 aliphatic heterocycles. The number of fused-ring (bicyclic) bond motifs is 2. The first kappa shape index (κ1) is 21.2. The van der Waals surface area contributed by atoms with Gasteiger partial charge in [-0.2, -0.15) is 26.3 Å². The molecule has 0 N–H and O–H groups in total. The first-order valence-corrected chi connectivity index (χ1v) is 10.3. The maximum Gasteiger partial charge on any atom is 0.434 e. The van der Waals surface area contributed by atoms with Gasteiger partial charge in [0.05, 0.1) is 21.8 Å². The highest BCUT2D eigenvalue weighted by Gasteiger charge is 2.35. The zero-order valence-corrected chi connectivity index (χ0v) is 16.2. The Morgan fingerprint density at radius 2 is 1.71 bits per heavy atom. The molecular weight excluding hydrogens is 452 g/mol. The SMILES string of the molecule is CCS(=O)(=O)c1cn2cc(C(F)(F)F)nc2cc1-c1nc2cc(C(F)(F)F)ccc2o1. The molecule has 0 saturated heterocycles. The summed E-state index contributed by atoms with van der Waals surface area (Å²) in [7, 11) is -3.97.